The van der Waals surface area contributed by atoms with Crippen molar-refractivity contribution in [3.63, 3.8) is 0 Å². The molecule has 0 aliphatic heterocycles. The molecule has 0 bridgehead atoms. The van der Waals surface area contributed by atoms with Crippen LogP contribution in [0.5, 0.6) is 5.75 Å². The van der Waals surface area contributed by atoms with E-state index in [1.165, 1.54) is 0 Å². The molecule has 0 spiro atoms. The molecule has 0 aromatic heterocycles. The summed E-state index contributed by atoms with van der Waals surface area (Å²) in [5.41, 5.74) is 0.820. The summed E-state index contributed by atoms with van der Waals surface area (Å²) >= 11 is 0. The van der Waals surface area contributed by atoms with Crippen LogP contribution in [0.2, 0.25) is 0 Å². The van der Waals surface area contributed by atoms with Crippen molar-refractivity contribution < 1.29 is 4.84 Å². The molecule has 0 unspecified atom stereocenters. The lowest BCUT2D eigenvalue weighted by Crippen LogP contribution is -2.00. The highest BCUT2D eigenvalue weighted by Crippen LogP contribution is 2.08. The van der Waals surface area contributed by atoms with Crippen LogP contribution in [0.25, 0.3) is 0 Å². The van der Waals surface area contributed by atoms with Crippen LogP contribution >= 0.6 is 0 Å². The summed E-state index contributed by atoms with van der Waals surface area (Å²) < 4.78 is 0. The van der Waals surface area contributed by atoms with Gasteiger partial charge in [0.1, 0.15) is 5.75 Å². The highest BCUT2D eigenvalue weighted by molar-refractivity contribution is 5.36. The molecule has 1 rings (SSSR count). The SMILES string of the molecule is C#Cc1ccc(ON)cc1. The van der Waals surface area contributed by atoms with Crippen molar-refractivity contribution in [2.45, 2.75) is 0 Å². The van der Waals surface area contributed by atoms with Crippen molar-refractivity contribution in [3.8, 4) is 18.1 Å². The van der Waals surface area contributed by atoms with Gasteiger partial charge in [0.25, 0.3) is 0 Å². The van der Waals surface area contributed by atoms with Gasteiger partial charge in [0, 0.05) is 5.56 Å². The van der Waals surface area contributed by atoms with Crippen molar-refractivity contribution in [1.82, 2.24) is 0 Å². The molecule has 0 heterocycles. The van der Waals surface area contributed by atoms with Gasteiger partial charge in [-0.2, -0.15) is 5.90 Å². The number of benzene rings is 1. The van der Waals surface area contributed by atoms with Gasteiger partial charge in [-0.1, -0.05) is 5.92 Å². The van der Waals surface area contributed by atoms with E-state index in [0.717, 1.165) is 5.56 Å². The molecule has 1 aromatic carbocycles. The lowest BCUT2D eigenvalue weighted by atomic mass is 10.2. The van der Waals surface area contributed by atoms with Gasteiger partial charge < -0.3 is 4.84 Å². The van der Waals surface area contributed by atoms with E-state index in [1.54, 1.807) is 24.3 Å². The number of hydrogen-bond donors (Lipinski definition) is 1. The number of nitrogens with two attached hydrogens (primary N) is 1. The monoisotopic (exact) mass is 133 g/mol. The Morgan fingerprint density at radius 3 is 2.30 bits per heavy atom. The Morgan fingerprint density at radius 2 is 1.90 bits per heavy atom. The van der Waals surface area contributed by atoms with Gasteiger partial charge in [-0.05, 0) is 24.3 Å². The summed E-state index contributed by atoms with van der Waals surface area (Å²) in [7, 11) is 0. The van der Waals surface area contributed by atoms with Gasteiger partial charge in [0.15, 0.2) is 0 Å². The molecule has 0 fully saturated rings. The normalized spacial score (nSPS) is 8.40. The predicted octanol–water partition coefficient (Wildman–Crippen LogP) is 0.920. The summed E-state index contributed by atoms with van der Waals surface area (Å²) in [5, 5.41) is 0. The number of rotatable bonds is 1. The van der Waals surface area contributed by atoms with E-state index >= 15 is 0 Å². The molecule has 2 heteroatoms. The van der Waals surface area contributed by atoms with Crippen LogP contribution in [0.3, 0.4) is 0 Å². The average molecular weight is 133 g/mol. The molecule has 0 aliphatic rings. The van der Waals surface area contributed by atoms with Crippen LogP contribution in [0.1, 0.15) is 5.56 Å². The Labute approximate surface area is 59.6 Å². The summed E-state index contributed by atoms with van der Waals surface area (Å²) in [6.07, 6.45) is 5.12. The van der Waals surface area contributed by atoms with Crippen LogP contribution in [-0.2, 0) is 0 Å². The Balaban J connectivity index is 2.93. The van der Waals surface area contributed by atoms with Crippen molar-refractivity contribution in [2.24, 2.45) is 5.90 Å². The zero-order valence-electron chi connectivity index (χ0n) is 5.37. The largest absolute Gasteiger partial charge is 0.412 e. The van der Waals surface area contributed by atoms with E-state index in [2.05, 4.69) is 10.8 Å². The van der Waals surface area contributed by atoms with Crippen molar-refractivity contribution in [1.29, 1.82) is 0 Å². The van der Waals surface area contributed by atoms with Crippen LogP contribution in [0, 0.1) is 12.3 Å². The second-order valence-electron chi connectivity index (χ2n) is 1.79. The maximum Gasteiger partial charge on any atom is 0.146 e. The minimum Gasteiger partial charge on any atom is -0.412 e. The molecule has 2 nitrogen and oxygen atoms in total. The highest BCUT2D eigenvalue weighted by atomic mass is 16.6. The van der Waals surface area contributed by atoms with Crippen LogP contribution < -0.4 is 10.7 Å². The first-order valence-electron chi connectivity index (χ1n) is 2.80. The first-order valence-corrected chi connectivity index (χ1v) is 2.80. The van der Waals surface area contributed by atoms with Gasteiger partial charge in [0.2, 0.25) is 0 Å². The minimum absolute atomic E-state index is 0.610. The van der Waals surface area contributed by atoms with Crippen LogP contribution in [0.4, 0.5) is 0 Å². The third kappa shape index (κ3) is 1.28. The molecule has 2 N–H and O–H groups in total. The Morgan fingerprint density at radius 1 is 1.30 bits per heavy atom. The Bertz CT molecular complexity index is 245. The van der Waals surface area contributed by atoms with Gasteiger partial charge >= 0.3 is 0 Å². The zero-order chi connectivity index (χ0) is 7.40. The molecule has 0 amide bonds. The topological polar surface area (TPSA) is 35.2 Å². The summed E-state index contributed by atoms with van der Waals surface area (Å²) in [5.74, 6) is 7.98. The smallest absolute Gasteiger partial charge is 0.146 e. The van der Waals surface area contributed by atoms with Crippen molar-refractivity contribution >= 4 is 0 Å². The van der Waals surface area contributed by atoms with Gasteiger partial charge in [-0.25, -0.2) is 0 Å². The minimum atomic E-state index is 0.610. The summed E-state index contributed by atoms with van der Waals surface area (Å²) in [6, 6.07) is 6.97. The first-order chi connectivity index (χ1) is 4.86. The van der Waals surface area contributed by atoms with Crippen LogP contribution in [0.15, 0.2) is 24.3 Å². The molecule has 0 saturated heterocycles. The first kappa shape index (κ1) is 6.66. The number of hydrogen-bond acceptors (Lipinski definition) is 2. The second-order valence-corrected chi connectivity index (χ2v) is 1.79. The van der Waals surface area contributed by atoms with E-state index in [4.69, 9.17) is 12.3 Å². The van der Waals surface area contributed by atoms with E-state index < -0.39 is 0 Å². The number of terminal acetylenes is 1. The zero-order valence-corrected chi connectivity index (χ0v) is 5.37. The second kappa shape index (κ2) is 2.90. The highest BCUT2D eigenvalue weighted by Gasteiger charge is 1.88. The molecule has 0 aliphatic carbocycles. The molecule has 0 atom stereocenters. The molecular weight excluding hydrogens is 126 g/mol. The van der Waals surface area contributed by atoms with E-state index in [-0.39, 0.29) is 0 Å². The molecule has 1 aromatic rings. The third-order valence-electron chi connectivity index (χ3n) is 1.16. The lowest BCUT2D eigenvalue weighted by molar-refractivity contribution is 0.334. The Hall–Kier alpha value is -1.46. The average Bonchev–Trinajstić information content (AvgIpc) is 2.05. The van der Waals surface area contributed by atoms with E-state index in [0.29, 0.717) is 5.75 Å². The molecule has 0 radical (unpaired) electrons. The summed E-state index contributed by atoms with van der Waals surface area (Å²) in [6.45, 7) is 0. The van der Waals surface area contributed by atoms with Crippen molar-refractivity contribution in [3.05, 3.63) is 29.8 Å². The van der Waals surface area contributed by atoms with Gasteiger partial charge in [-0.15, -0.1) is 6.42 Å². The third-order valence-corrected chi connectivity index (χ3v) is 1.16. The fourth-order valence-electron chi connectivity index (χ4n) is 0.630. The fourth-order valence-corrected chi connectivity index (χ4v) is 0.630. The van der Waals surface area contributed by atoms with Gasteiger partial charge in [-0.3, -0.25) is 0 Å². The maximum atomic E-state index is 5.12. The molecule has 0 saturated carbocycles. The molecule has 10 heavy (non-hydrogen) atoms. The molecule has 50 valence electrons. The predicted molar refractivity (Wildman–Crippen MR) is 39.2 cm³/mol. The standard InChI is InChI=1S/C8H7NO/c1-2-7-3-5-8(10-9)6-4-7/h1,3-6H,9H2. The molecular formula is C8H7NO. The fraction of sp³-hybridized carbons (Fsp3) is 0. The maximum absolute atomic E-state index is 5.12. The van der Waals surface area contributed by atoms with Gasteiger partial charge in [0.05, 0.1) is 0 Å². The van der Waals surface area contributed by atoms with Crippen LogP contribution in [-0.4, -0.2) is 0 Å². The lowest BCUT2D eigenvalue weighted by Gasteiger charge is -1.95. The Kier molecular flexibility index (Phi) is 1.93. The van der Waals surface area contributed by atoms with E-state index in [9.17, 15) is 0 Å². The summed E-state index contributed by atoms with van der Waals surface area (Å²) in [4.78, 5) is 4.45. The van der Waals surface area contributed by atoms with E-state index in [1.807, 2.05) is 0 Å². The van der Waals surface area contributed by atoms with Crippen molar-refractivity contribution in [2.75, 3.05) is 0 Å². The quantitative estimate of drug-likeness (QED) is 0.456.